The predicted molar refractivity (Wildman–Crippen MR) is 67.3 cm³/mol. The number of aryl methyl sites for hydroxylation is 1. The summed E-state index contributed by atoms with van der Waals surface area (Å²) >= 11 is 1.73. The SMILES string of the molecule is CCCCC(CC)NCc1csc(C)n1. The molecule has 86 valence electrons. The lowest BCUT2D eigenvalue weighted by atomic mass is 10.1. The summed E-state index contributed by atoms with van der Waals surface area (Å²) < 4.78 is 0. The molecule has 0 bridgehead atoms. The van der Waals surface area contributed by atoms with Crippen LogP contribution in [0.5, 0.6) is 0 Å². The molecular weight excluding hydrogens is 204 g/mol. The molecule has 0 amide bonds. The summed E-state index contributed by atoms with van der Waals surface area (Å²) in [5.74, 6) is 0. The minimum atomic E-state index is 0.659. The summed E-state index contributed by atoms with van der Waals surface area (Å²) in [7, 11) is 0. The van der Waals surface area contributed by atoms with E-state index in [2.05, 4.69) is 36.5 Å². The van der Waals surface area contributed by atoms with Crippen LogP contribution in [0, 0.1) is 6.92 Å². The topological polar surface area (TPSA) is 24.9 Å². The van der Waals surface area contributed by atoms with E-state index in [0.717, 1.165) is 11.6 Å². The first kappa shape index (κ1) is 12.7. The minimum Gasteiger partial charge on any atom is -0.308 e. The van der Waals surface area contributed by atoms with Gasteiger partial charge in [0.2, 0.25) is 0 Å². The van der Waals surface area contributed by atoms with Crippen molar-refractivity contribution in [2.24, 2.45) is 0 Å². The molecule has 0 aliphatic rings. The Hall–Kier alpha value is -0.410. The molecule has 1 aromatic rings. The standard InChI is InChI=1S/C12H22N2S/c1-4-6-7-11(5-2)13-8-12-9-15-10(3)14-12/h9,11,13H,4-8H2,1-3H3. The highest BCUT2D eigenvalue weighted by atomic mass is 32.1. The van der Waals surface area contributed by atoms with Crippen LogP contribution < -0.4 is 5.32 Å². The molecule has 15 heavy (non-hydrogen) atoms. The lowest BCUT2D eigenvalue weighted by molar-refractivity contribution is 0.450. The van der Waals surface area contributed by atoms with E-state index in [0.29, 0.717) is 6.04 Å². The fraction of sp³-hybridized carbons (Fsp3) is 0.750. The van der Waals surface area contributed by atoms with E-state index in [9.17, 15) is 0 Å². The van der Waals surface area contributed by atoms with Crippen molar-refractivity contribution in [3.05, 3.63) is 16.1 Å². The molecule has 0 saturated carbocycles. The second-order valence-electron chi connectivity index (χ2n) is 3.99. The molecular formula is C12H22N2S. The molecule has 0 aromatic carbocycles. The summed E-state index contributed by atoms with van der Waals surface area (Å²) in [6.07, 6.45) is 5.11. The van der Waals surface area contributed by atoms with Gasteiger partial charge in [0.1, 0.15) is 0 Å². The van der Waals surface area contributed by atoms with Gasteiger partial charge in [0.25, 0.3) is 0 Å². The largest absolute Gasteiger partial charge is 0.308 e. The van der Waals surface area contributed by atoms with Gasteiger partial charge in [0.05, 0.1) is 10.7 Å². The third-order valence-corrected chi connectivity index (χ3v) is 3.46. The van der Waals surface area contributed by atoms with E-state index >= 15 is 0 Å². The number of hydrogen-bond donors (Lipinski definition) is 1. The van der Waals surface area contributed by atoms with Crippen LogP contribution >= 0.6 is 11.3 Å². The first-order valence-electron chi connectivity index (χ1n) is 5.90. The summed E-state index contributed by atoms with van der Waals surface area (Å²) in [5.41, 5.74) is 1.19. The number of thiazole rings is 1. The van der Waals surface area contributed by atoms with Crippen LogP contribution in [0.3, 0.4) is 0 Å². The molecule has 1 atom stereocenters. The second-order valence-corrected chi connectivity index (χ2v) is 5.05. The van der Waals surface area contributed by atoms with E-state index in [4.69, 9.17) is 0 Å². The summed E-state index contributed by atoms with van der Waals surface area (Å²) in [6.45, 7) is 7.48. The highest BCUT2D eigenvalue weighted by Crippen LogP contribution is 2.09. The fourth-order valence-electron chi connectivity index (χ4n) is 1.64. The Morgan fingerprint density at radius 3 is 2.80 bits per heavy atom. The number of hydrogen-bond acceptors (Lipinski definition) is 3. The van der Waals surface area contributed by atoms with Gasteiger partial charge < -0.3 is 5.32 Å². The lowest BCUT2D eigenvalue weighted by Gasteiger charge is -2.15. The van der Waals surface area contributed by atoms with Crippen LogP contribution in [0.25, 0.3) is 0 Å². The molecule has 0 spiro atoms. The summed E-state index contributed by atoms with van der Waals surface area (Å²) in [5, 5.41) is 6.89. The fourth-order valence-corrected chi connectivity index (χ4v) is 2.25. The minimum absolute atomic E-state index is 0.659. The summed E-state index contributed by atoms with van der Waals surface area (Å²) in [6, 6.07) is 0.659. The smallest absolute Gasteiger partial charge is 0.0897 e. The Kier molecular flexibility index (Phi) is 5.88. The highest BCUT2D eigenvalue weighted by Gasteiger charge is 2.05. The normalized spacial score (nSPS) is 13.0. The maximum atomic E-state index is 4.45. The van der Waals surface area contributed by atoms with Crippen LogP contribution in [0.15, 0.2) is 5.38 Å². The number of aromatic nitrogens is 1. The van der Waals surface area contributed by atoms with E-state index in [1.807, 2.05) is 0 Å². The van der Waals surface area contributed by atoms with Gasteiger partial charge in [0.15, 0.2) is 0 Å². The predicted octanol–water partition coefficient (Wildman–Crippen LogP) is 3.51. The molecule has 0 radical (unpaired) electrons. The van der Waals surface area contributed by atoms with Crippen LogP contribution in [-0.2, 0) is 6.54 Å². The van der Waals surface area contributed by atoms with Crippen molar-refractivity contribution in [1.29, 1.82) is 0 Å². The quantitative estimate of drug-likeness (QED) is 0.769. The van der Waals surface area contributed by atoms with E-state index in [-0.39, 0.29) is 0 Å². The van der Waals surface area contributed by atoms with Crippen LogP contribution in [0.2, 0.25) is 0 Å². The molecule has 1 rings (SSSR count). The summed E-state index contributed by atoms with van der Waals surface area (Å²) in [4.78, 5) is 4.45. The average molecular weight is 226 g/mol. The van der Waals surface area contributed by atoms with Crippen molar-refractivity contribution >= 4 is 11.3 Å². The van der Waals surface area contributed by atoms with Crippen molar-refractivity contribution in [2.75, 3.05) is 0 Å². The monoisotopic (exact) mass is 226 g/mol. The van der Waals surface area contributed by atoms with Crippen molar-refractivity contribution in [3.8, 4) is 0 Å². The van der Waals surface area contributed by atoms with Crippen LogP contribution in [0.1, 0.15) is 50.2 Å². The highest BCUT2D eigenvalue weighted by molar-refractivity contribution is 7.09. The molecule has 3 heteroatoms. The molecule has 0 aliphatic carbocycles. The van der Waals surface area contributed by atoms with Crippen molar-refractivity contribution in [2.45, 2.75) is 59.0 Å². The Bertz CT molecular complexity index is 270. The van der Waals surface area contributed by atoms with Crippen molar-refractivity contribution in [3.63, 3.8) is 0 Å². The van der Waals surface area contributed by atoms with E-state index in [1.165, 1.54) is 31.4 Å². The Balaban J connectivity index is 2.27. The van der Waals surface area contributed by atoms with Gasteiger partial charge >= 0.3 is 0 Å². The van der Waals surface area contributed by atoms with Crippen LogP contribution in [-0.4, -0.2) is 11.0 Å². The van der Waals surface area contributed by atoms with E-state index in [1.54, 1.807) is 11.3 Å². The lowest BCUT2D eigenvalue weighted by Crippen LogP contribution is -2.27. The van der Waals surface area contributed by atoms with Gasteiger partial charge in [-0.3, -0.25) is 0 Å². The number of nitrogens with zero attached hydrogens (tertiary/aromatic N) is 1. The molecule has 0 fully saturated rings. The third-order valence-electron chi connectivity index (χ3n) is 2.64. The Labute approximate surface area is 97.1 Å². The van der Waals surface area contributed by atoms with Gasteiger partial charge in [-0.05, 0) is 19.8 Å². The van der Waals surface area contributed by atoms with Gasteiger partial charge in [-0.15, -0.1) is 11.3 Å². The van der Waals surface area contributed by atoms with Crippen molar-refractivity contribution in [1.82, 2.24) is 10.3 Å². The molecule has 1 N–H and O–H groups in total. The molecule has 0 aliphatic heterocycles. The first-order valence-corrected chi connectivity index (χ1v) is 6.78. The molecule has 1 unspecified atom stereocenters. The number of unbranched alkanes of at least 4 members (excludes halogenated alkanes) is 1. The third kappa shape index (κ3) is 4.76. The number of rotatable bonds is 7. The molecule has 1 aromatic heterocycles. The van der Waals surface area contributed by atoms with Gasteiger partial charge in [-0.25, -0.2) is 4.98 Å². The maximum absolute atomic E-state index is 4.45. The Morgan fingerprint density at radius 1 is 1.47 bits per heavy atom. The van der Waals surface area contributed by atoms with Crippen molar-refractivity contribution < 1.29 is 0 Å². The van der Waals surface area contributed by atoms with Gasteiger partial charge in [-0.1, -0.05) is 26.7 Å². The molecule has 1 heterocycles. The number of nitrogens with one attached hydrogen (secondary N) is 1. The average Bonchev–Trinajstić information content (AvgIpc) is 2.65. The Morgan fingerprint density at radius 2 is 2.27 bits per heavy atom. The van der Waals surface area contributed by atoms with Crippen LogP contribution in [0.4, 0.5) is 0 Å². The van der Waals surface area contributed by atoms with Gasteiger partial charge in [-0.2, -0.15) is 0 Å². The van der Waals surface area contributed by atoms with Gasteiger partial charge in [0, 0.05) is 18.0 Å². The maximum Gasteiger partial charge on any atom is 0.0897 e. The second kappa shape index (κ2) is 6.96. The zero-order chi connectivity index (χ0) is 11.1. The zero-order valence-electron chi connectivity index (χ0n) is 10.0. The van der Waals surface area contributed by atoms with E-state index < -0.39 is 0 Å². The molecule has 2 nitrogen and oxygen atoms in total. The first-order chi connectivity index (χ1) is 7.26. The zero-order valence-corrected chi connectivity index (χ0v) is 10.9. The molecule has 0 saturated heterocycles.